The molecule has 0 saturated carbocycles. The van der Waals surface area contributed by atoms with Gasteiger partial charge in [0.2, 0.25) is 15.9 Å². The van der Waals surface area contributed by atoms with Gasteiger partial charge in [0.05, 0.1) is 4.90 Å². The van der Waals surface area contributed by atoms with Gasteiger partial charge >= 0.3 is 0 Å². The van der Waals surface area contributed by atoms with Crippen molar-refractivity contribution in [3.63, 3.8) is 0 Å². The number of para-hydroxylation sites is 1. The smallest absolute Gasteiger partial charge is 0.238 e. The lowest BCUT2D eigenvalue weighted by atomic mass is 10.1. The zero-order valence-electron chi connectivity index (χ0n) is 14.9. The molecule has 0 fully saturated rings. The molecule has 0 aliphatic rings. The number of amides is 1. The van der Waals surface area contributed by atoms with Gasteiger partial charge in [-0.2, -0.15) is 0 Å². The highest BCUT2D eigenvalue weighted by Gasteiger charge is 2.08. The molecule has 0 aromatic heterocycles. The summed E-state index contributed by atoms with van der Waals surface area (Å²) in [5.74, 6) is -0.0112. The molecule has 2 aromatic rings. The molecule has 0 atom stereocenters. The average Bonchev–Trinajstić information content (AvgIpc) is 2.63. The molecule has 0 spiro atoms. The van der Waals surface area contributed by atoms with Crippen molar-refractivity contribution in [3.05, 3.63) is 60.2 Å². The van der Waals surface area contributed by atoms with E-state index in [-0.39, 0.29) is 10.8 Å². The van der Waals surface area contributed by atoms with Gasteiger partial charge in [-0.25, -0.2) is 13.6 Å². The third-order valence-electron chi connectivity index (χ3n) is 4.08. The highest BCUT2D eigenvalue weighted by molar-refractivity contribution is 7.89. The van der Waals surface area contributed by atoms with Crippen molar-refractivity contribution < 1.29 is 13.2 Å². The maximum absolute atomic E-state index is 11.9. The number of anilines is 1. The lowest BCUT2D eigenvalue weighted by Crippen LogP contribution is -2.28. The van der Waals surface area contributed by atoms with Crippen LogP contribution in [0.4, 0.5) is 5.69 Å². The van der Waals surface area contributed by atoms with Crippen molar-refractivity contribution in [2.24, 2.45) is 5.14 Å². The normalized spacial score (nSPS) is 11.2. The fourth-order valence-corrected chi connectivity index (χ4v) is 3.06. The first-order valence-corrected chi connectivity index (χ1v) is 10.1. The SMILES string of the molecule is CN(CCCNC(=O)CCc1ccc(S(N)(=O)=O)cc1)c1ccccc1. The first-order valence-electron chi connectivity index (χ1n) is 8.51. The molecular formula is C19H25N3O3S. The van der Waals surface area contributed by atoms with E-state index >= 15 is 0 Å². The number of hydrogen-bond donors (Lipinski definition) is 2. The summed E-state index contributed by atoms with van der Waals surface area (Å²) in [6.45, 7) is 1.49. The predicted molar refractivity (Wildman–Crippen MR) is 103 cm³/mol. The molecule has 1 amide bonds. The Morgan fingerprint density at radius 3 is 2.35 bits per heavy atom. The molecule has 0 radical (unpaired) electrons. The van der Waals surface area contributed by atoms with Crippen molar-refractivity contribution in [2.45, 2.75) is 24.2 Å². The third-order valence-corrected chi connectivity index (χ3v) is 5.01. The Labute approximate surface area is 155 Å². The second-order valence-electron chi connectivity index (χ2n) is 6.15. The zero-order chi connectivity index (χ0) is 19.0. The average molecular weight is 375 g/mol. The number of carbonyl (C=O) groups is 1. The number of sulfonamides is 1. The van der Waals surface area contributed by atoms with Gasteiger partial charge < -0.3 is 10.2 Å². The highest BCUT2D eigenvalue weighted by atomic mass is 32.2. The largest absolute Gasteiger partial charge is 0.375 e. The van der Waals surface area contributed by atoms with E-state index in [1.807, 2.05) is 25.2 Å². The number of primary sulfonamides is 1. The number of nitrogens with one attached hydrogen (secondary N) is 1. The monoisotopic (exact) mass is 375 g/mol. The van der Waals surface area contributed by atoms with Crippen molar-refractivity contribution in [1.29, 1.82) is 0 Å². The summed E-state index contributed by atoms with van der Waals surface area (Å²) in [4.78, 5) is 14.1. The van der Waals surface area contributed by atoms with E-state index in [1.54, 1.807) is 12.1 Å². The number of rotatable bonds is 9. The number of nitrogens with two attached hydrogens (primary N) is 1. The molecule has 2 aromatic carbocycles. The Morgan fingerprint density at radius 2 is 1.73 bits per heavy atom. The number of nitrogens with zero attached hydrogens (tertiary/aromatic N) is 1. The second kappa shape index (κ2) is 9.35. The first-order chi connectivity index (χ1) is 12.4. The summed E-state index contributed by atoms with van der Waals surface area (Å²) in [5, 5.41) is 7.97. The molecule has 2 rings (SSSR count). The molecule has 0 aliphatic carbocycles. The van der Waals surface area contributed by atoms with Crippen LogP contribution in [0.5, 0.6) is 0 Å². The maximum atomic E-state index is 11.9. The van der Waals surface area contributed by atoms with E-state index in [0.717, 1.165) is 24.2 Å². The number of carbonyl (C=O) groups excluding carboxylic acids is 1. The molecule has 0 aliphatic heterocycles. The van der Waals surface area contributed by atoms with E-state index in [0.29, 0.717) is 19.4 Å². The van der Waals surface area contributed by atoms with Crippen LogP contribution >= 0.6 is 0 Å². The Bertz CT molecular complexity index is 806. The molecule has 26 heavy (non-hydrogen) atoms. The van der Waals surface area contributed by atoms with Crippen molar-refractivity contribution in [2.75, 3.05) is 25.0 Å². The van der Waals surface area contributed by atoms with Gasteiger partial charge in [0.1, 0.15) is 0 Å². The van der Waals surface area contributed by atoms with Gasteiger partial charge in [0.15, 0.2) is 0 Å². The number of benzene rings is 2. The van der Waals surface area contributed by atoms with E-state index in [9.17, 15) is 13.2 Å². The van der Waals surface area contributed by atoms with Crippen LogP contribution in [0.1, 0.15) is 18.4 Å². The van der Waals surface area contributed by atoms with Crippen LogP contribution < -0.4 is 15.4 Å². The predicted octanol–water partition coefficient (Wildman–Crippen LogP) is 1.91. The molecule has 0 heterocycles. The molecular weight excluding hydrogens is 350 g/mol. The van der Waals surface area contributed by atoms with Crippen LogP contribution in [0.2, 0.25) is 0 Å². The molecule has 140 valence electrons. The Hall–Kier alpha value is -2.38. The molecule has 0 unspecified atom stereocenters. The Kier molecular flexibility index (Phi) is 7.17. The quantitative estimate of drug-likeness (QED) is 0.655. The lowest BCUT2D eigenvalue weighted by Gasteiger charge is -2.19. The van der Waals surface area contributed by atoms with Crippen molar-refractivity contribution >= 4 is 21.6 Å². The molecule has 3 N–H and O–H groups in total. The van der Waals surface area contributed by atoms with E-state index < -0.39 is 10.0 Å². The standard InChI is InChI=1S/C19H25N3O3S/c1-22(17-6-3-2-4-7-17)15-5-14-21-19(23)13-10-16-8-11-18(12-9-16)26(20,24)25/h2-4,6-9,11-12H,5,10,13-15H2,1H3,(H,21,23)(H2,20,24,25). The van der Waals surface area contributed by atoms with Crippen LogP contribution in [-0.2, 0) is 21.2 Å². The summed E-state index contributed by atoms with van der Waals surface area (Å²) in [5.41, 5.74) is 2.05. The minimum absolute atomic E-state index is 0.0112. The molecule has 7 heteroatoms. The molecule has 0 saturated heterocycles. The van der Waals surface area contributed by atoms with E-state index in [2.05, 4.69) is 22.3 Å². The van der Waals surface area contributed by atoms with Crippen LogP contribution in [0, 0.1) is 0 Å². The van der Waals surface area contributed by atoms with Crippen molar-refractivity contribution in [1.82, 2.24) is 5.32 Å². The fraction of sp³-hybridized carbons (Fsp3) is 0.316. The van der Waals surface area contributed by atoms with Gasteiger partial charge in [-0.1, -0.05) is 30.3 Å². The highest BCUT2D eigenvalue weighted by Crippen LogP contribution is 2.11. The van der Waals surface area contributed by atoms with Crippen molar-refractivity contribution in [3.8, 4) is 0 Å². The van der Waals surface area contributed by atoms with Gasteiger partial charge in [-0.15, -0.1) is 0 Å². The zero-order valence-corrected chi connectivity index (χ0v) is 15.7. The number of aryl methyl sites for hydroxylation is 1. The summed E-state index contributed by atoms with van der Waals surface area (Å²) in [6.07, 6.45) is 1.78. The molecule has 6 nitrogen and oxygen atoms in total. The minimum Gasteiger partial charge on any atom is -0.375 e. The summed E-state index contributed by atoms with van der Waals surface area (Å²) < 4.78 is 22.4. The van der Waals surface area contributed by atoms with Crippen LogP contribution in [0.3, 0.4) is 0 Å². The maximum Gasteiger partial charge on any atom is 0.238 e. The summed E-state index contributed by atoms with van der Waals surface area (Å²) in [6, 6.07) is 16.4. The van der Waals surface area contributed by atoms with Crippen LogP contribution in [0.25, 0.3) is 0 Å². The third kappa shape index (κ3) is 6.50. The van der Waals surface area contributed by atoms with Crippen LogP contribution in [0.15, 0.2) is 59.5 Å². The van der Waals surface area contributed by atoms with Gasteiger partial charge in [0, 0.05) is 32.2 Å². The van der Waals surface area contributed by atoms with Crippen LogP contribution in [-0.4, -0.2) is 34.5 Å². The number of hydrogen-bond acceptors (Lipinski definition) is 4. The van der Waals surface area contributed by atoms with Gasteiger partial charge in [0.25, 0.3) is 0 Å². The fourth-order valence-electron chi connectivity index (χ4n) is 2.55. The topological polar surface area (TPSA) is 92.5 Å². The van der Waals surface area contributed by atoms with Gasteiger partial charge in [-0.3, -0.25) is 4.79 Å². The Balaban J connectivity index is 1.66. The summed E-state index contributed by atoms with van der Waals surface area (Å²) in [7, 11) is -1.65. The first kappa shape index (κ1) is 19.9. The summed E-state index contributed by atoms with van der Waals surface area (Å²) >= 11 is 0. The van der Waals surface area contributed by atoms with E-state index in [4.69, 9.17) is 5.14 Å². The lowest BCUT2D eigenvalue weighted by molar-refractivity contribution is -0.121. The second-order valence-corrected chi connectivity index (χ2v) is 7.71. The van der Waals surface area contributed by atoms with E-state index in [1.165, 1.54) is 12.1 Å². The minimum atomic E-state index is -3.68. The molecule has 0 bridgehead atoms. The van der Waals surface area contributed by atoms with Gasteiger partial charge in [-0.05, 0) is 42.7 Å². The Morgan fingerprint density at radius 1 is 1.08 bits per heavy atom.